The molecule has 0 fully saturated rings. The van der Waals surface area contributed by atoms with E-state index in [9.17, 15) is 4.79 Å². The zero-order chi connectivity index (χ0) is 22.2. The van der Waals surface area contributed by atoms with Gasteiger partial charge >= 0.3 is 0 Å². The van der Waals surface area contributed by atoms with Gasteiger partial charge in [0.25, 0.3) is 5.91 Å². The molecule has 2 N–H and O–H groups in total. The number of nitrogens with one attached hydrogen (secondary N) is 2. The summed E-state index contributed by atoms with van der Waals surface area (Å²) in [6, 6.07) is 16.5. The van der Waals surface area contributed by atoms with Crippen LogP contribution >= 0.6 is 27.3 Å². The quantitative estimate of drug-likeness (QED) is 0.460. The molecule has 5 nitrogen and oxygen atoms in total. The van der Waals surface area contributed by atoms with Gasteiger partial charge in [0.05, 0.1) is 5.56 Å². The number of hydrogen-bond acceptors (Lipinski definition) is 5. The van der Waals surface area contributed by atoms with E-state index < -0.39 is 0 Å². The van der Waals surface area contributed by atoms with Crippen LogP contribution < -0.4 is 15.4 Å². The molecule has 166 valence electrons. The van der Waals surface area contributed by atoms with E-state index in [4.69, 9.17) is 4.74 Å². The molecule has 5 rings (SSSR count). The van der Waals surface area contributed by atoms with Crippen LogP contribution in [0, 0.1) is 0 Å². The Kier molecular flexibility index (Phi) is 5.97. The summed E-state index contributed by atoms with van der Waals surface area (Å²) in [4.78, 5) is 16.9. The van der Waals surface area contributed by atoms with Crippen LogP contribution in [-0.4, -0.2) is 23.4 Å². The van der Waals surface area contributed by atoms with E-state index in [1.807, 2.05) is 48.5 Å². The van der Waals surface area contributed by atoms with E-state index in [0.29, 0.717) is 12.6 Å². The number of fused-ring (bicyclic) bond motifs is 3. The van der Waals surface area contributed by atoms with E-state index in [1.54, 1.807) is 11.3 Å². The molecule has 1 aromatic heterocycles. The predicted molar refractivity (Wildman–Crippen MR) is 132 cm³/mol. The van der Waals surface area contributed by atoms with Gasteiger partial charge in [0.2, 0.25) is 0 Å². The first-order chi connectivity index (χ1) is 15.5. The SMILES string of the molecule is CC(C)N1CCc2c(sc3c2C(=O)N[C@@H](c2cc(Br)ccc2OCc2ccccc2)N3)C1. The van der Waals surface area contributed by atoms with Crippen LogP contribution in [0.25, 0.3) is 0 Å². The maximum atomic E-state index is 13.2. The molecule has 2 aromatic carbocycles. The molecular weight excluding hydrogens is 486 g/mol. The van der Waals surface area contributed by atoms with Gasteiger partial charge in [0, 0.05) is 34.0 Å². The maximum Gasteiger partial charge on any atom is 0.256 e. The summed E-state index contributed by atoms with van der Waals surface area (Å²) in [5.41, 5.74) is 4.04. The van der Waals surface area contributed by atoms with E-state index in [0.717, 1.165) is 51.4 Å². The van der Waals surface area contributed by atoms with E-state index in [-0.39, 0.29) is 12.1 Å². The fourth-order valence-electron chi connectivity index (χ4n) is 4.34. The molecule has 2 aliphatic rings. The lowest BCUT2D eigenvalue weighted by atomic mass is 9.99. The molecule has 0 saturated heterocycles. The number of carbonyl (C=O) groups excluding carboxylic acids is 1. The molecule has 3 aromatic rings. The van der Waals surface area contributed by atoms with Crippen molar-refractivity contribution in [2.75, 3.05) is 11.9 Å². The van der Waals surface area contributed by atoms with Crippen LogP contribution in [0.2, 0.25) is 0 Å². The van der Waals surface area contributed by atoms with Gasteiger partial charge in [-0.3, -0.25) is 9.69 Å². The van der Waals surface area contributed by atoms with Crippen molar-refractivity contribution >= 4 is 38.2 Å². The highest BCUT2D eigenvalue weighted by Gasteiger charge is 2.34. The van der Waals surface area contributed by atoms with Gasteiger partial charge in [0.15, 0.2) is 0 Å². The van der Waals surface area contributed by atoms with Crippen LogP contribution in [0.5, 0.6) is 5.75 Å². The average molecular weight is 512 g/mol. The molecule has 3 heterocycles. The topological polar surface area (TPSA) is 53.6 Å². The summed E-state index contributed by atoms with van der Waals surface area (Å²) in [5.74, 6) is 0.749. The molecule has 0 saturated carbocycles. The highest BCUT2D eigenvalue weighted by Crippen LogP contribution is 2.42. The number of carbonyl (C=O) groups is 1. The Hall–Kier alpha value is -2.35. The smallest absolute Gasteiger partial charge is 0.256 e. The second-order valence-electron chi connectivity index (χ2n) is 8.53. The zero-order valence-corrected chi connectivity index (χ0v) is 20.6. The number of amides is 1. The minimum absolute atomic E-state index is 0.00627. The highest BCUT2D eigenvalue weighted by molar-refractivity contribution is 9.10. The number of thiophene rings is 1. The Bertz CT molecular complexity index is 1150. The van der Waals surface area contributed by atoms with Crippen molar-refractivity contribution in [3.05, 3.63) is 80.1 Å². The maximum absolute atomic E-state index is 13.2. The first-order valence-electron chi connectivity index (χ1n) is 10.9. The monoisotopic (exact) mass is 511 g/mol. The summed E-state index contributed by atoms with van der Waals surface area (Å²) < 4.78 is 7.10. The van der Waals surface area contributed by atoms with Gasteiger partial charge in [-0.25, -0.2) is 0 Å². The molecule has 0 aliphatic carbocycles. The van der Waals surface area contributed by atoms with Crippen LogP contribution in [0.1, 0.15) is 51.9 Å². The molecule has 1 amide bonds. The number of halogens is 1. The largest absolute Gasteiger partial charge is 0.488 e. The molecule has 0 bridgehead atoms. The predicted octanol–water partition coefficient (Wildman–Crippen LogP) is 5.71. The van der Waals surface area contributed by atoms with Crippen LogP contribution in [0.3, 0.4) is 0 Å². The summed E-state index contributed by atoms with van der Waals surface area (Å²) >= 11 is 5.29. The van der Waals surface area contributed by atoms with Gasteiger partial charge in [-0.05, 0) is 49.6 Å². The summed E-state index contributed by atoms with van der Waals surface area (Å²) in [6.07, 6.45) is 0.570. The van der Waals surface area contributed by atoms with Crippen molar-refractivity contribution in [1.82, 2.24) is 10.2 Å². The van der Waals surface area contributed by atoms with E-state index >= 15 is 0 Å². The normalized spacial score (nSPS) is 18.0. The minimum Gasteiger partial charge on any atom is -0.488 e. The molecule has 32 heavy (non-hydrogen) atoms. The Labute approximate surface area is 200 Å². The third-order valence-electron chi connectivity index (χ3n) is 6.11. The molecule has 0 spiro atoms. The fourth-order valence-corrected chi connectivity index (χ4v) is 6.02. The Morgan fingerprint density at radius 1 is 1.19 bits per heavy atom. The minimum atomic E-state index is -0.348. The third-order valence-corrected chi connectivity index (χ3v) is 7.76. The fraction of sp³-hybridized carbons (Fsp3) is 0.320. The van der Waals surface area contributed by atoms with Crippen molar-refractivity contribution in [2.45, 2.75) is 45.6 Å². The number of benzene rings is 2. The second kappa shape index (κ2) is 8.89. The van der Waals surface area contributed by atoms with E-state index in [1.165, 1.54) is 10.4 Å². The lowest BCUT2D eigenvalue weighted by Crippen LogP contribution is -2.39. The lowest BCUT2D eigenvalue weighted by molar-refractivity contribution is 0.0934. The van der Waals surface area contributed by atoms with Gasteiger partial charge in [-0.15, -0.1) is 11.3 Å². The molecule has 2 aliphatic heterocycles. The van der Waals surface area contributed by atoms with Crippen molar-refractivity contribution < 1.29 is 9.53 Å². The average Bonchev–Trinajstić information content (AvgIpc) is 3.17. The molecular formula is C25H26BrN3O2S. The van der Waals surface area contributed by atoms with Crippen molar-refractivity contribution in [1.29, 1.82) is 0 Å². The number of rotatable bonds is 5. The van der Waals surface area contributed by atoms with Gasteiger partial charge in [-0.1, -0.05) is 46.3 Å². The summed E-state index contributed by atoms with van der Waals surface area (Å²) in [7, 11) is 0. The Balaban J connectivity index is 1.42. The van der Waals surface area contributed by atoms with Crippen LogP contribution in [0.15, 0.2) is 53.0 Å². The van der Waals surface area contributed by atoms with Crippen molar-refractivity contribution in [3.8, 4) is 5.75 Å². The van der Waals surface area contributed by atoms with Gasteiger partial charge in [-0.2, -0.15) is 0 Å². The first-order valence-corrected chi connectivity index (χ1v) is 12.5. The Morgan fingerprint density at radius 2 is 2.00 bits per heavy atom. The summed E-state index contributed by atoms with van der Waals surface area (Å²) in [6.45, 7) is 6.83. The summed E-state index contributed by atoms with van der Waals surface area (Å²) in [5, 5.41) is 7.71. The lowest BCUT2D eigenvalue weighted by Gasteiger charge is -2.31. The number of hydrogen-bond donors (Lipinski definition) is 2. The second-order valence-corrected chi connectivity index (χ2v) is 10.6. The standard InChI is InChI=1S/C25H26BrN3O2S/c1-15(2)29-11-10-18-21(13-29)32-25-22(18)24(30)27-23(28-25)19-12-17(26)8-9-20(19)31-14-16-6-4-3-5-7-16/h3-9,12,15,23,28H,10-11,13-14H2,1-2H3,(H,27,30)/t23-/m1/s1. The van der Waals surface area contributed by atoms with Gasteiger partial charge < -0.3 is 15.4 Å². The van der Waals surface area contributed by atoms with Crippen LogP contribution in [-0.2, 0) is 19.6 Å². The molecule has 0 radical (unpaired) electrons. The van der Waals surface area contributed by atoms with Crippen molar-refractivity contribution in [3.63, 3.8) is 0 Å². The molecule has 7 heteroatoms. The van der Waals surface area contributed by atoms with Crippen LogP contribution in [0.4, 0.5) is 5.00 Å². The Morgan fingerprint density at radius 3 is 2.78 bits per heavy atom. The number of nitrogens with zero attached hydrogens (tertiary/aromatic N) is 1. The van der Waals surface area contributed by atoms with Crippen molar-refractivity contribution in [2.24, 2.45) is 0 Å². The third kappa shape index (κ3) is 4.17. The number of anilines is 1. The zero-order valence-electron chi connectivity index (χ0n) is 18.2. The number of ether oxygens (including phenoxy) is 1. The molecule has 1 atom stereocenters. The highest BCUT2D eigenvalue weighted by atomic mass is 79.9. The first kappa shape index (κ1) is 21.5. The van der Waals surface area contributed by atoms with E-state index in [2.05, 4.69) is 45.3 Å². The van der Waals surface area contributed by atoms with Gasteiger partial charge in [0.1, 0.15) is 23.5 Å². The molecule has 0 unspecified atom stereocenters.